The number of rotatable bonds is 14. The standard InChI is InChI=1S/C33H38N2O7S/c1-22(37)34-17-6-2-3-12-31(38)35-26-9-7-8-25(18-26)33-41-27(21-43-30-11-5-4-10-28(30)32(39)40)19-29(42-33)24-15-13-23(20-36)14-16-24/h4-5,7-11,13-16,18,27,29,33,36H,2-3,6,12,17,19-21H2,1H3,(H,34,37)(H,35,38)(H,39,40)/t27-,29+,33+/m0/s1. The van der Waals surface area contributed by atoms with E-state index < -0.39 is 12.3 Å². The number of thioether (sulfide) groups is 1. The summed E-state index contributed by atoms with van der Waals surface area (Å²) < 4.78 is 12.8. The van der Waals surface area contributed by atoms with Crippen LogP contribution in [0.2, 0.25) is 0 Å². The van der Waals surface area contributed by atoms with E-state index in [9.17, 15) is 24.6 Å². The molecule has 43 heavy (non-hydrogen) atoms. The third-order valence-electron chi connectivity index (χ3n) is 7.05. The van der Waals surface area contributed by atoms with Gasteiger partial charge in [0.05, 0.1) is 24.4 Å². The van der Waals surface area contributed by atoms with Gasteiger partial charge in [-0.3, -0.25) is 9.59 Å². The van der Waals surface area contributed by atoms with Crippen molar-refractivity contribution in [2.45, 2.75) is 69.0 Å². The maximum Gasteiger partial charge on any atom is 0.336 e. The fourth-order valence-corrected chi connectivity index (χ4v) is 5.88. The van der Waals surface area contributed by atoms with E-state index in [0.717, 1.165) is 36.0 Å². The van der Waals surface area contributed by atoms with Gasteiger partial charge in [-0.1, -0.05) is 55.0 Å². The average molecular weight is 607 g/mol. The van der Waals surface area contributed by atoms with Crippen LogP contribution in [-0.2, 0) is 25.7 Å². The van der Waals surface area contributed by atoms with E-state index in [1.54, 1.807) is 18.2 Å². The van der Waals surface area contributed by atoms with E-state index in [1.165, 1.54) is 18.7 Å². The number of benzene rings is 3. The second-order valence-electron chi connectivity index (χ2n) is 10.4. The summed E-state index contributed by atoms with van der Waals surface area (Å²) in [7, 11) is 0. The Bertz CT molecular complexity index is 1380. The number of carbonyl (C=O) groups is 3. The smallest absolute Gasteiger partial charge is 0.336 e. The lowest BCUT2D eigenvalue weighted by Gasteiger charge is -2.36. The van der Waals surface area contributed by atoms with Gasteiger partial charge < -0.3 is 30.3 Å². The number of hydrogen-bond donors (Lipinski definition) is 4. The second-order valence-corrected chi connectivity index (χ2v) is 11.5. The Hall–Kier alpha value is -3.70. The van der Waals surface area contributed by atoms with Crippen LogP contribution < -0.4 is 10.6 Å². The highest BCUT2D eigenvalue weighted by Crippen LogP contribution is 2.40. The topological polar surface area (TPSA) is 134 Å². The van der Waals surface area contributed by atoms with Crippen molar-refractivity contribution in [1.82, 2.24) is 5.32 Å². The summed E-state index contributed by atoms with van der Waals surface area (Å²) in [5, 5.41) is 24.8. The Morgan fingerprint density at radius 1 is 0.930 bits per heavy atom. The van der Waals surface area contributed by atoms with Crippen molar-refractivity contribution in [2.24, 2.45) is 0 Å². The van der Waals surface area contributed by atoms with Crippen molar-refractivity contribution in [3.05, 3.63) is 95.1 Å². The molecule has 3 aromatic carbocycles. The van der Waals surface area contributed by atoms with Crippen LogP contribution in [-0.4, -0.2) is 46.4 Å². The van der Waals surface area contributed by atoms with Crippen LogP contribution in [0.15, 0.2) is 77.7 Å². The van der Waals surface area contributed by atoms with Crippen LogP contribution in [0.25, 0.3) is 0 Å². The molecular weight excluding hydrogens is 568 g/mol. The highest BCUT2D eigenvalue weighted by atomic mass is 32.2. The summed E-state index contributed by atoms with van der Waals surface area (Å²) >= 11 is 1.44. The SMILES string of the molecule is CC(=O)NCCCCCC(=O)Nc1cccc([C@@H]2O[C@H](CSc3ccccc3C(=O)O)C[C@H](c3ccc(CO)cc3)O2)c1. The number of nitrogens with one attached hydrogen (secondary N) is 2. The first-order valence-electron chi connectivity index (χ1n) is 14.4. The van der Waals surface area contributed by atoms with Gasteiger partial charge in [-0.15, -0.1) is 11.8 Å². The second kappa shape index (κ2) is 16.2. The Balaban J connectivity index is 1.43. The van der Waals surface area contributed by atoms with E-state index in [-0.39, 0.29) is 36.2 Å². The zero-order valence-electron chi connectivity index (χ0n) is 24.2. The monoisotopic (exact) mass is 606 g/mol. The molecule has 1 aliphatic heterocycles. The number of aliphatic hydroxyl groups is 1. The van der Waals surface area contributed by atoms with Crippen LogP contribution in [0, 0.1) is 0 Å². The number of unbranched alkanes of at least 4 members (excludes halogenated alkanes) is 2. The van der Waals surface area contributed by atoms with Crippen LogP contribution in [0.4, 0.5) is 5.69 Å². The normalized spacial score (nSPS) is 18.1. The maximum absolute atomic E-state index is 12.6. The van der Waals surface area contributed by atoms with E-state index in [0.29, 0.717) is 35.7 Å². The molecule has 1 heterocycles. The Labute approximate surface area is 256 Å². The Morgan fingerprint density at radius 3 is 2.47 bits per heavy atom. The van der Waals surface area contributed by atoms with Gasteiger partial charge >= 0.3 is 5.97 Å². The van der Waals surface area contributed by atoms with E-state index in [2.05, 4.69) is 10.6 Å². The molecule has 1 aliphatic rings. The number of carboxylic acid groups (broad SMARTS) is 1. The maximum atomic E-state index is 12.6. The zero-order valence-corrected chi connectivity index (χ0v) is 25.0. The number of carboxylic acids is 1. The molecule has 0 bridgehead atoms. The number of carbonyl (C=O) groups excluding carboxylic acids is 2. The van der Waals surface area contributed by atoms with Gasteiger partial charge in [-0.05, 0) is 48.2 Å². The van der Waals surface area contributed by atoms with Crippen LogP contribution in [0.5, 0.6) is 0 Å². The number of ether oxygens (including phenoxy) is 2. The number of anilines is 1. The number of hydrogen-bond acceptors (Lipinski definition) is 7. The average Bonchev–Trinajstić information content (AvgIpc) is 3.01. The number of aromatic carboxylic acids is 1. The molecule has 0 unspecified atom stereocenters. The molecule has 10 heteroatoms. The third-order valence-corrected chi connectivity index (χ3v) is 8.26. The molecule has 0 saturated carbocycles. The van der Waals surface area contributed by atoms with Crippen molar-refractivity contribution in [1.29, 1.82) is 0 Å². The van der Waals surface area contributed by atoms with Gasteiger partial charge in [0.2, 0.25) is 11.8 Å². The minimum absolute atomic E-state index is 0.0463. The van der Waals surface area contributed by atoms with Crippen LogP contribution in [0.3, 0.4) is 0 Å². The predicted molar refractivity (Wildman–Crippen MR) is 165 cm³/mol. The first-order valence-corrected chi connectivity index (χ1v) is 15.4. The molecule has 3 aromatic rings. The molecule has 0 spiro atoms. The molecule has 3 atom stereocenters. The molecule has 4 rings (SSSR count). The Kier molecular flexibility index (Phi) is 12.2. The first kappa shape index (κ1) is 32.2. The quantitative estimate of drug-likeness (QED) is 0.133. The summed E-state index contributed by atoms with van der Waals surface area (Å²) in [5.74, 6) is -0.591. The fourth-order valence-electron chi connectivity index (χ4n) is 4.81. The van der Waals surface area contributed by atoms with Crippen LogP contribution in [0.1, 0.15) is 78.5 Å². The molecule has 228 valence electrons. The molecule has 0 aromatic heterocycles. The van der Waals surface area contributed by atoms with Gasteiger partial charge in [0.1, 0.15) is 0 Å². The molecular formula is C33H38N2O7S. The van der Waals surface area contributed by atoms with Gasteiger partial charge in [0.25, 0.3) is 0 Å². The van der Waals surface area contributed by atoms with Crippen molar-refractivity contribution >= 4 is 35.2 Å². The zero-order chi connectivity index (χ0) is 30.6. The van der Waals surface area contributed by atoms with Crippen molar-refractivity contribution < 1.29 is 34.1 Å². The molecule has 0 aliphatic carbocycles. The molecule has 9 nitrogen and oxygen atoms in total. The molecule has 2 amide bonds. The van der Waals surface area contributed by atoms with Gasteiger partial charge in [-0.2, -0.15) is 0 Å². The summed E-state index contributed by atoms with van der Waals surface area (Å²) in [6, 6.07) is 21.9. The summed E-state index contributed by atoms with van der Waals surface area (Å²) in [6.45, 7) is 2.05. The molecule has 1 saturated heterocycles. The largest absolute Gasteiger partial charge is 0.478 e. The van der Waals surface area contributed by atoms with E-state index >= 15 is 0 Å². The minimum atomic E-state index is -0.973. The molecule has 4 N–H and O–H groups in total. The third kappa shape index (κ3) is 9.93. The molecule has 1 fully saturated rings. The van der Waals surface area contributed by atoms with Crippen LogP contribution >= 0.6 is 11.8 Å². The minimum Gasteiger partial charge on any atom is -0.478 e. The lowest BCUT2D eigenvalue weighted by atomic mass is 10.0. The summed E-state index contributed by atoms with van der Waals surface area (Å²) in [5.41, 5.74) is 3.41. The highest BCUT2D eigenvalue weighted by molar-refractivity contribution is 7.99. The van der Waals surface area contributed by atoms with Gasteiger partial charge in [0, 0.05) is 48.2 Å². The highest BCUT2D eigenvalue weighted by Gasteiger charge is 2.32. The Morgan fingerprint density at radius 2 is 1.72 bits per heavy atom. The van der Waals surface area contributed by atoms with E-state index in [1.807, 2.05) is 54.6 Å². The fraction of sp³-hybridized carbons (Fsp3) is 0.364. The van der Waals surface area contributed by atoms with Gasteiger partial charge in [-0.25, -0.2) is 4.79 Å². The number of amides is 2. The van der Waals surface area contributed by atoms with Crippen molar-refractivity contribution in [2.75, 3.05) is 17.6 Å². The van der Waals surface area contributed by atoms with Gasteiger partial charge in [0.15, 0.2) is 6.29 Å². The predicted octanol–water partition coefficient (Wildman–Crippen LogP) is 5.85. The van der Waals surface area contributed by atoms with Crippen molar-refractivity contribution in [3.63, 3.8) is 0 Å². The lowest BCUT2D eigenvalue weighted by Crippen LogP contribution is -2.31. The summed E-state index contributed by atoms with van der Waals surface area (Å²) in [4.78, 5) is 35.9. The molecule has 0 radical (unpaired) electrons. The van der Waals surface area contributed by atoms with Crippen molar-refractivity contribution in [3.8, 4) is 0 Å². The lowest BCUT2D eigenvalue weighted by molar-refractivity contribution is -0.245. The van der Waals surface area contributed by atoms with E-state index in [4.69, 9.17) is 9.47 Å². The summed E-state index contributed by atoms with van der Waals surface area (Å²) in [6.07, 6.45) is 2.09. The first-order chi connectivity index (χ1) is 20.8. The number of aliphatic hydroxyl groups excluding tert-OH is 1.